The molecule has 1 aromatic carbocycles. The van der Waals surface area contributed by atoms with Crippen molar-refractivity contribution < 1.29 is 14.6 Å². The van der Waals surface area contributed by atoms with Crippen molar-refractivity contribution in [1.82, 2.24) is 10.6 Å². The second-order valence-corrected chi connectivity index (χ2v) is 5.63. The smallest absolute Gasteiger partial charge is 0.407 e. The molecule has 0 aliphatic heterocycles. The number of carbonyl (C=O) groups excluding carboxylic acids is 1. The Bertz CT molecular complexity index is 410. The summed E-state index contributed by atoms with van der Waals surface area (Å²) in [5.41, 5.74) is 0.657. The molecule has 1 aromatic rings. The van der Waals surface area contributed by atoms with Gasteiger partial charge in [0.25, 0.3) is 0 Å². The van der Waals surface area contributed by atoms with Crippen LogP contribution in [0.2, 0.25) is 0 Å². The zero-order valence-electron chi connectivity index (χ0n) is 12.4. The quantitative estimate of drug-likeness (QED) is 0.700. The summed E-state index contributed by atoms with van der Waals surface area (Å²) >= 11 is 0. The Labute approximate surface area is 120 Å². The minimum absolute atomic E-state index is 0.273. The van der Waals surface area contributed by atoms with Gasteiger partial charge in [0.15, 0.2) is 0 Å². The third kappa shape index (κ3) is 7.63. The molecule has 0 aliphatic carbocycles. The number of amides is 1. The number of nitrogens with one attached hydrogen (secondary N) is 2. The standard InChI is InChI=1S/C15H24N2O3/c1-15(2,3)20-14(19)17-10-4-9-16-11-12-5-7-13(18)8-6-12/h5-8,16,18H,4,9-11H2,1-3H3,(H,17,19). The number of alkyl carbamates (subject to hydrolysis) is 1. The number of benzene rings is 1. The Morgan fingerprint density at radius 2 is 1.85 bits per heavy atom. The number of hydrogen-bond donors (Lipinski definition) is 3. The van der Waals surface area contributed by atoms with Crippen LogP contribution in [0.25, 0.3) is 0 Å². The van der Waals surface area contributed by atoms with E-state index in [2.05, 4.69) is 10.6 Å². The van der Waals surface area contributed by atoms with Crippen molar-refractivity contribution in [3.05, 3.63) is 29.8 Å². The molecular formula is C15H24N2O3. The van der Waals surface area contributed by atoms with E-state index in [1.54, 1.807) is 12.1 Å². The van der Waals surface area contributed by atoms with Crippen LogP contribution in [0.15, 0.2) is 24.3 Å². The number of aromatic hydroxyl groups is 1. The van der Waals surface area contributed by atoms with Gasteiger partial charge in [-0.05, 0) is 51.4 Å². The fourth-order valence-corrected chi connectivity index (χ4v) is 1.56. The van der Waals surface area contributed by atoms with Gasteiger partial charge in [0, 0.05) is 13.1 Å². The summed E-state index contributed by atoms with van der Waals surface area (Å²) < 4.78 is 5.13. The lowest BCUT2D eigenvalue weighted by Crippen LogP contribution is -2.33. The summed E-state index contributed by atoms with van der Waals surface area (Å²) in [6, 6.07) is 7.09. The average Bonchev–Trinajstić information content (AvgIpc) is 2.33. The Morgan fingerprint density at radius 1 is 1.20 bits per heavy atom. The van der Waals surface area contributed by atoms with Gasteiger partial charge in [-0.3, -0.25) is 0 Å². The lowest BCUT2D eigenvalue weighted by molar-refractivity contribution is 0.0527. The van der Waals surface area contributed by atoms with E-state index in [1.807, 2.05) is 32.9 Å². The maximum atomic E-state index is 11.4. The molecule has 0 saturated carbocycles. The van der Waals surface area contributed by atoms with Crippen LogP contribution in [0.5, 0.6) is 5.75 Å². The van der Waals surface area contributed by atoms with E-state index < -0.39 is 5.60 Å². The second kappa shape index (κ2) is 7.75. The molecule has 0 atom stereocenters. The largest absolute Gasteiger partial charge is 0.508 e. The minimum Gasteiger partial charge on any atom is -0.508 e. The number of hydrogen-bond acceptors (Lipinski definition) is 4. The van der Waals surface area contributed by atoms with E-state index in [0.717, 1.165) is 25.1 Å². The highest BCUT2D eigenvalue weighted by Gasteiger charge is 2.15. The Kier molecular flexibility index (Phi) is 6.31. The van der Waals surface area contributed by atoms with Gasteiger partial charge in [-0.2, -0.15) is 0 Å². The monoisotopic (exact) mass is 280 g/mol. The van der Waals surface area contributed by atoms with Gasteiger partial charge in [0.1, 0.15) is 11.4 Å². The van der Waals surface area contributed by atoms with Crippen LogP contribution in [-0.2, 0) is 11.3 Å². The molecule has 0 fully saturated rings. The van der Waals surface area contributed by atoms with Crippen LogP contribution in [0.3, 0.4) is 0 Å². The van der Waals surface area contributed by atoms with E-state index in [1.165, 1.54) is 0 Å². The van der Waals surface area contributed by atoms with Gasteiger partial charge in [-0.1, -0.05) is 12.1 Å². The van der Waals surface area contributed by atoms with Gasteiger partial charge in [0.2, 0.25) is 0 Å². The summed E-state index contributed by atoms with van der Waals surface area (Å²) in [6.07, 6.45) is 0.452. The van der Waals surface area contributed by atoms with Crippen molar-refractivity contribution in [3.63, 3.8) is 0 Å². The average molecular weight is 280 g/mol. The summed E-state index contributed by atoms with van der Waals surface area (Å²) in [4.78, 5) is 11.4. The fourth-order valence-electron chi connectivity index (χ4n) is 1.56. The van der Waals surface area contributed by atoms with Gasteiger partial charge in [-0.15, -0.1) is 0 Å². The topological polar surface area (TPSA) is 70.6 Å². The number of rotatable bonds is 6. The molecule has 0 saturated heterocycles. The summed E-state index contributed by atoms with van der Waals surface area (Å²) in [5.74, 6) is 0.273. The molecule has 1 rings (SSSR count). The zero-order chi connectivity index (χ0) is 15.0. The number of phenolic OH excluding ortho intramolecular Hbond substituents is 1. The molecule has 3 N–H and O–H groups in total. The van der Waals surface area contributed by atoms with Crippen LogP contribution in [0.1, 0.15) is 32.8 Å². The third-order valence-corrected chi connectivity index (χ3v) is 2.46. The van der Waals surface area contributed by atoms with Crippen LogP contribution in [0, 0.1) is 0 Å². The second-order valence-electron chi connectivity index (χ2n) is 5.63. The van der Waals surface area contributed by atoms with Gasteiger partial charge in [0.05, 0.1) is 0 Å². The SMILES string of the molecule is CC(C)(C)OC(=O)NCCCNCc1ccc(O)cc1. The maximum absolute atomic E-state index is 11.4. The van der Waals surface area contributed by atoms with Crippen LogP contribution < -0.4 is 10.6 Å². The lowest BCUT2D eigenvalue weighted by atomic mass is 10.2. The van der Waals surface area contributed by atoms with Crippen molar-refractivity contribution in [2.24, 2.45) is 0 Å². The van der Waals surface area contributed by atoms with Crippen molar-refractivity contribution in [3.8, 4) is 5.75 Å². The maximum Gasteiger partial charge on any atom is 0.407 e. The molecule has 112 valence electrons. The molecule has 5 heteroatoms. The van der Waals surface area contributed by atoms with Crippen LogP contribution in [0.4, 0.5) is 4.79 Å². The Balaban J connectivity index is 2.05. The number of carbonyl (C=O) groups is 1. The van der Waals surface area contributed by atoms with Gasteiger partial charge < -0.3 is 20.5 Å². The normalized spacial score (nSPS) is 11.2. The molecule has 0 aromatic heterocycles. The summed E-state index contributed by atoms with van der Waals surface area (Å²) in [7, 11) is 0. The zero-order valence-corrected chi connectivity index (χ0v) is 12.4. The number of ether oxygens (including phenoxy) is 1. The molecule has 5 nitrogen and oxygen atoms in total. The molecule has 20 heavy (non-hydrogen) atoms. The van der Waals surface area contributed by atoms with Crippen molar-refractivity contribution >= 4 is 6.09 Å². The van der Waals surface area contributed by atoms with Gasteiger partial charge in [-0.25, -0.2) is 4.79 Å². The van der Waals surface area contributed by atoms with Crippen LogP contribution >= 0.6 is 0 Å². The molecule has 0 bridgehead atoms. The summed E-state index contributed by atoms with van der Waals surface area (Å²) in [6.45, 7) is 7.64. The molecule has 0 spiro atoms. The molecule has 0 aliphatic rings. The third-order valence-electron chi connectivity index (χ3n) is 2.46. The van der Waals surface area contributed by atoms with Crippen molar-refractivity contribution in [2.75, 3.05) is 13.1 Å². The van der Waals surface area contributed by atoms with Crippen molar-refractivity contribution in [2.45, 2.75) is 39.3 Å². The molecule has 0 heterocycles. The van der Waals surface area contributed by atoms with Crippen LogP contribution in [-0.4, -0.2) is 29.9 Å². The molecule has 1 amide bonds. The first kappa shape index (κ1) is 16.3. The Morgan fingerprint density at radius 3 is 2.45 bits per heavy atom. The highest BCUT2D eigenvalue weighted by Crippen LogP contribution is 2.09. The first-order valence-corrected chi connectivity index (χ1v) is 6.82. The Hall–Kier alpha value is -1.75. The number of phenols is 1. The van der Waals surface area contributed by atoms with E-state index in [9.17, 15) is 4.79 Å². The predicted molar refractivity (Wildman–Crippen MR) is 78.7 cm³/mol. The predicted octanol–water partition coefficient (Wildman–Crippen LogP) is 2.40. The first-order chi connectivity index (χ1) is 9.37. The molecule has 0 unspecified atom stereocenters. The lowest BCUT2D eigenvalue weighted by Gasteiger charge is -2.19. The van der Waals surface area contributed by atoms with E-state index in [-0.39, 0.29) is 11.8 Å². The van der Waals surface area contributed by atoms with Crippen molar-refractivity contribution in [1.29, 1.82) is 0 Å². The van der Waals surface area contributed by atoms with Gasteiger partial charge >= 0.3 is 6.09 Å². The first-order valence-electron chi connectivity index (χ1n) is 6.82. The highest BCUT2D eigenvalue weighted by molar-refractivity contribution is 5.67. The molecule has 0 radical (unpaired) electrons. The van der Waals surface area contributed by atoms with E-state index in [4.69, 9.17) is 9.84 Å². The summed E-state index contributed by atoms with van der Waals surface area (Å²) in [5, 5.41) is 15.1. The minimum atomic E-state index is -0.457. The highest BCUT2D eigenvalue weighted by atomic mass is 16.6. The van der Waals surface area contributed by atoms with E-state index in [0.29, 0.717) is 6.54 Å². The fraction of sp³-hybridized carbons (Fsp3) is 0.533. The molecular weight excluding hydrogens is 256 g/mol. The van der Waals surface area contributed by atoms with E-state index >= 15 is 0 Å².